The van der Waals surface area contributed by atoms with Crippen molar-refractivity contribution in [3.63, 3.8) is 0 Å². The fourth-order valence-electron chi connectivity index (χ4n) is 9.71. The highest BCUT2D eigenvalue weighted by Crippen LogP contribution is 2.45. The van der Waals surface area contributed by atoms with Crippen LogP contribution in [0.3, 0.4) is 0 Å². The number of hydrogen-bond acceptors (Lipinski definition) is 11. The molecule has 5 rings (SSSR count). The van der Waals surface area contributed by atoms with Gasteiger partial charge in [-0.1, -0.05) is 87.3 Å². The minimum absolute atomic E-state index is 0.0386. The second kappa shape index (κ2) is 32.6. The first-order valence-corrected chi connectivity index (χ1v) is 28.1. The number of ether oxygens (including phenoxy) is 3. The molecule has 1 aliphatic rings. The molecule has 1 aromatic heterocycles. The van der Waals surface area contributed by atoms with E-state index >= 15 is 4.39 Å². The first kappa shape index (κ1) is 61.7. The summed E-state index contributed by atoms with van der Waals surface area (Å²) in [5, 5.41) is 27.1. The van der Waals surface area contributed by atoms with Crippen LogP contribution in [0.4, 0.5) is 4.39 Å². The van der Waals surface area contributed by atoms with Gasteiger partial charge >= 0.3 is 5.97 Å². The summed E-state index contributed by atoms with van der Waals surface area (Å²) >= 11 is 0. The zero-order valence-electron chi connectivity index (χ0n) is 46.4. The zero-order valence-corrected chi connectivity index (χ0v) is 46.4. The molecular weight excluding hydrogens is 982 g/mol. The number of nitrogens with zero attached hydrogens (tertiary/aromatic N) is 4. The lowest BCUT2D eigenvalue weighted by molar-refractivity contribution is -0.907. The van der Waals surface area contributed by atoms with Crippen LogP contribution in [0.5, 0.6) is 17.2 Å². The maximum atomic E-state index is 15.5. The molecule has 0 bridgehead atoms. The Balaban J connectivity index is 0.976. The highest BCUT2D eigenvalue weighted by Gasteiger charge is 2.34. The number of halogens is 1. The van der Waals surface area contributed by atoms with Crippen LogP contribution in [-0.2, 0) is 38.8 Å². The molecule has 1 aliphatic carbocycles. The van der Waals surface area contributed by atoms with Gasteiger partial charge in [0.05, 0.1) is 71.8 Å². The lowest BCUT2D eigenvalue weighted by Crippen LogP contribution is -2.52. The number of carboxylic acids is 1. The number of carbonyl (C=O) groups excluding carboxylic acids is 3. The predicted octanol–water partition coefficient (Wildman–Crippen LogP) is 8.21. The Kier molecular flexibility index (Phi) is 26.1. The highest BCUT2D eigenvalue weighted by molar-refractivity contribution is 5.77. The van der Waals surface area contributed by atoms with Crippen LogP contribution < -0.4 is 41.6 Å². The number of carboxylic acid groups (broad SMARTS) is 1. The number of rotatable bonds is 40. The predicted molar refractivity (Wildman–Crippen MR) is 298 cm³/mol. The number of hydrogen-bond donors (Lipinski definition) is 6. The SMILES string of the molecule is COc1ccc(F)c(-c2ccc(COc3cccc([C@@H](CC(=O)O)C4CC4)c3)cc2OC(C)(C)Cn2cc(CCCCCCCCCCCCCC(=O)NCC[N+](C)(CCC(=O)NCCN)CCC(=O)NCCN)nn2)c1. The van der Waals surface area contributed by atoms with Gasteiger partial charge in [0.15, 0.2) is 0 Å². The summed E-state index contributed by atoms with van der Waals surface area (Å²) in [5.41, 5.74) is 13.9. The Morgan fingerprint density at radius 2 is 1.39 bits per heavy atom. The minimum atomic E-state index is -0.802. The van der Waals surface area contributed by atoms with Gasteiger partial charge in [0.25, 0.3) is 0 Å². The molecule has 18 heteroatoms. The van der Waals surface area contributed by atoms with Crippen LogP contribution >= 0.6 is 0 Å². The smallest absolute Gasteiger partial charge is 0.303 e. The minimum Gasteiger partial charge on any atom is -0.497 e. The number of benzene rings is 3. The summed E-state index contributed by atoms with van der Waals surface area (Å²) in [4.78, 5) is 48.8. The van der Waals surface area contributed by atoms with E-state index in [-0.39, 0.29) is 36.7 Å². The molecular formula is C59H89FN9O8+. The molecule has 1 saturated carbocycles. The number of unbranched alkanes of at least 4 members (excludes halogenated alkanes) is 10. The van der Waals surface area contributed by atoms with Crippen LogP contribution in [-0.4, -0.2) is 120 Å². The third-order valence-corrected chi connectivity index (χ3v) is 14.3. The van der Waals surface area contributed by atoms with Crippen LogP contribution in [0.2, 0.25) is 0 Å². The van der Waals surface area contributed by atoms with Crippen molar-refractivity contribution >= 4 is 23.7 Å². The van der Waals surface area contributed by atoms with Crippen molar-refractivity contribution in [1.29, 1.82) is 0 Å². The number of amides is 3. The average molecular weight is 1070 g/mol. The number of quaternary nitrogens is 1. The Bertz CT molecular complexity index is 2420. The van der Waals surface area contributed by atoms with Crippen molar-refractivity contribution in [2.45, 2.75) is 154 Å². The Hall–Kier alpha value is -6.11. The van der Waals surface area contributed by atoms with E-state index in [2.05, 4.69) is 26.3 Å². The number of aromatic nitrogens is 3. The first-order valence-electron chi connectivity index (χ1n) is 28.1. The fraction of sp³-hybridized carbons (Fsp3) is 0.593. The molecule has 77 heavy (non-hydrogen) atoms. The van der Waals surface area contributed by atoms with Gasteiger partial charge in [0.2, 0.25) is 17.7 Å². The summed E-state index contributed by atoms with van der Waals surface area (Å²) in [5.74, 6) is 0.694. The van der Waals surface area contributed by atoms with Gasteiger partial charge in [-0.3, -0.25) is 19.2 Å². The molecule has 1 heterocycles. The molecule has 8 N–H and O–H groups in total. The van der Waals surface area contributed by atoms with E-state index in [9.17, 15) is 24.3 Å². The molecule has 0 spiro atoms. The van der Waals surface area contributed by atoms with Crippen LogP contribution in [0.15, 0.2) is 66.9 Å². The average Bonchev–Trinajstić information content (AvgIpc) is 4.17. The largest absolute Gasteiger partial charge is 0.497 e. The topological polar surface area (TPSA) is 235 Å². The van der Waals surface area contributed by atoms with Crippen molar-refractivity contribution < 1.29 is 47.4 Å². The van der Waals surface area contributed by atoms with Gasteiger partial charge in [0.1, 0.15) is 35.3 Å². The third-order valence-electron chi connectivity index (χ3n) is 14.3. The molecule has 17 nitrogen and oxygen atoms in total. The van der Waals surface area contributed by atoms with E-state index in [1.165, 1.54) is 44.6 Å². The van der Waals surface area contributed by atoms with E-state index in [1.54, 1.807) is 19.2 Å². The second-order valence-corrected chi connectivity index (χ2v) is 21.7. The fourth-order valence-corrected chi connectivity index (χ4v) is 9.71. The molecule has 1 fully saturated rings. The molecule has 0 saturated heterocycles. The summed E-state index contributed by atoms with van der Waals surface area (Å²) in [6, 6.07) is 18.0. The second-order valence-electron chi connectivity index (χ2n) is 21.7. The zero-order chi connectivity index (χ0) is 55.5. The monoisotopic (exact) mass is 1070 g/mol. The normalized spacial score (nSPS) is 13.0. The number of carbonyl (C=O) groups is 4. The Morgan fingerprint density at radius 1 is 0.766 bits per heavy atom. The molecule has 0 radical (unpaired) electrons. The van der Waals surface area contributed by atoms with Gasteiger partial charge in [-0.25, -0.2) is 9.07 Å². The van der Waals surface area contributed by atoms with Crippen molar-refractivity contribution in [1.82, 2.24) is 30.9 Å². The van der Waals surface area contributed by atoms with Gasteiger partial charge in [-0.15, -0.1) is 5.10 Å². The number of nitrogens with two attached hydrogens (primary N) is 2. The van der Waals surface area contributed by atoms with Gasteiger partial charge < -0.3 is 51.2 Å². The van der Waals surface area contributed by atoms with Crippen molar-refractivity contribution in [3.8, 4) is 28.4 Å². The van der Waals surface area contributed by atoms with Crippen LogP contribution in [0.25, 0.3) is 11.1 Å². The molecule has 424 valence electrons. The van der Waals surface area contributed by atoms with E-state index in [0.29, 0.717) is 117 Å². The maximum Gasteiger partial charge on any atom is 0.303 e. The molecule has 4 aromatic rings. The van der Waals surface area contributed by atoms with Crippen molar-refractivity contribution in [2.24, 2.45) is 17.4 Å². The van der Waals surface area contributed by atoms with Gasteiger partial charge in [-0.2, -0.15) is 0 Å². The highest BCUT2D eigenvalue weighted by atomic mass is 19.1. The van der Waals surface area contributed by atoms with Gasteiger partial charge in [-0.05, 0) is 105 Å². The summed E-state index contributed by atoms with van der Waals surface area (Å²) in [6.07, 6.45) is 18.5. The molecule has 3 aromatic carbocycles. The van der Waals surface area contributed by atoms with Crippen LogP contribution in [0.1, 0.15) is 146 Å². The third kappa shape index (κ3) is 23.2. The van der Waals surface area contributed by atoms with E-state index < -0.39 is 17.4 Å². The van der Waals surface area contributed by atoms with Crippen molar-refractivity contribution in [2.75, 3.05) is 66.5 Å². The molecule has 0 aliphatic heterocycles. The Morgan fingerprint density at radius 3 is 2.01 bits per heavy atom. The van der Waals surface area contributed by atoms with Crippen molar-refractivity contribution in [3.05, 3.63) is 89.5 Å². The van der Waals surface area contributed by atoms with E-state index in [0.717, 1.165) is 68.2 Å². The number of methoxy groups -OCH3 is 1. The lowest BCUT2D eigenvalue weighted by Gasteiger charge is -2.34. The number of aryl methyl sites for hydroxylation is 1. The first-order chi connectivity index (χ1) is 37.1. The van der Waals surface area contributed by atoms with E-state index in [1.807, 2.05) is 74.2 Å². The Labute approximate surface area is 456 Å². The maximum absolute atomic E-state index is 15.5. The number of nitrogens with one attached hydrogen (secondary N) is 3. The lowest BCUT2D eigenvalue weighted by atomic mass is 9.91. The molecule has 0 unspecified atom stereocenters. The molecule has 1 atom stereocenters. The molecule has 3 amide bonds. The van der Waals surface area contributed by atoms with E-state index in [4.69, 9.17) is 25.7 Å². The standard InChI is InChI=1S/C59H88FN9O8/c1-59(2,77-54-37-44(21-25-50(54)52-39-48(75-4)24-26-53(52)60)42-76-49-19-16-17-46(38-49)51(40-58(73)74)45-22-23-45)43-68-41-47(66-67-68)18-14-12-10-8-6-5-7-9-11-13-15-20-55(70)65-33-36-69(3,34-27-56(71)63-31-29-61)35-28-57(72)64-32-30-62/h16-17,19,21,24-26,37-39,41,45,51H,5-15,18,20,22-23,27-36,40,42-43,61-62H2,1-4H3,(H3-,63,64,65,70,71,72,73,74)/p+1/t51-/m0/s1. The quantitative estimate of drug-likeness (QED) is 0.0183. The van der Waals surface area contributed by atoms with Gasteiger partial charge in [0, 0.05) is 49.9 Å². The summed E-state index contributed by atoms with van der Waals surface area (Å²) < 4.78 is 36.2. The van der Waals surface area contributed by atoms with Crippen LogP contribution in [0, 0.1) is 11.7 Å². The number of likely N-dealkylation sites (N-methyl/N-ethyl adjacent to an activating group) is 1. The summed E-state index contributed by atoms with van der Waals surface area (Å²) in [7, 11) is 3.57. The summed E-state index contributed by atoms with van der Waals surface area (Å²) in [6.45, 7) is 8.40. The number of aliphatic carboxylic acids is 1.